The fraction of sp³-hybridized carbons (Fsp3) is 0.111. The van der Waals surface area contributed by atoms with Crippen molar-refractivity contribution in [3.63, 3.8) is 0 Å². The molecule has 23 heavy (non-hydrogen) atoms. The van der Waals surface area contributed by atoms with Crippen LogP contribution in [0.3, 0.4) is 0 Å². The van der Waals surface area contributed by atoms with Crippen molar-refractivity contribution in [2.45, 2.75) is 13.3 Å². The zero-order valence-electron chi connectivity index (χ0n) is 12.7. The van der Waals surface area contributed by atoms with Gasteiger partial charge in [0.15, 0.2) is 0 Å². The maximum Gasteiger partial charge on any atom is 0.264 e. The molecular formula is C18H16N4O. The molecule has 0 unspecified atom stereocenters. The standard InChI is InChI=1S/C18H16N4O/c1-2-13-11-20-17-18(23-14-7-5-6-12(19)10-14)21-15-8-3-4-9-16(15)22(13)17/h3-11H,2,19H2,1H3. The predicted molar refractivity (Wildman–Crippen MR) is 90.8 cm³/mol. The highest BCUT2D eigenvalue weighted by Crippen LogP contribution is 2.29. The first kappa shape index (κ1) is 13.6. The van der Waals surface area contributed by atoms with Gasteiger partial charge in [0, 0.05) is 23.6 Å². The average Bonchev–Trinajstić information content (AvgIpc) is 3.00. The van der Waals surface area contributed by atoms with E-state index >= 15 is 0 Å². The van der Waals surface area contributed by atoms with Gasteiger partial charge in [0.2, 0.25) is 5.65 Å². The van der Waals surface area contributed by atoms with Crippen molar-refractivity contribution in [2.24, 2.45) is 0 Å². The third-order valence-electron chi connectivity index (χ3n) is 3.81. The van der Waals surface area contributed by atoms with Crippen molar-refractivity contribution < 1.29 is 4.74 Å². The molecule has 0 saturated heterocycles. The minimum Gasteiger partial charge on any atom is -0.436 e. The Balaban J connectivity index is 1.96. The van der Waals surface area contributed by atoms with Crippen molar-refractivity contribution in [1.82, 2.24) is 14.4 Å². The molecule has 0 aliphatic rings. The van der Waals surface area contributed by atoms with Crippen LogP contribution >= 0.6 is 0 Å². The fourth-order valence-electron chi connectivity index (χ4n) is 2.72. The Kier molecular flexibility index (Phi) is 3.12. The Labute approximate surface area is 133 Å². The normalized spacial score (nSPS) is 11.2. The zero-order valence-corrected chi connectivity index (χ0v) is 12.7. The summed E-state index contributed by atoms with van der Waals surface area (Å²) in [6, 6.07) is 15.3. The number of rotatable bonds is 3. The first-order valence-electron chi connectivity index (χ1n) is 7.54. The summed E-state index contributed by atoms with van der Waals surface area (Å²) in [7, 11) is 0. The van der Waals surface area contributed by atoms with Gasteiger partial charge in [-0.25, -0.2) is 9.97 Å². The number of nitrogens with two attached hydrogens (primary N) is 1. The lowest BCUT2D eigenvalue weighted by atomic mass is 10.3. The SMILES string of the molecule is CCc1cnc2c(Oc3cccc(N)c3)nc3ccccc3n12. The third-order valence-corrected chi connectivity index (χ3v) is 3.81. The molecular weight excluding hydrogens is 288 g/mol. The molecule has 0 amide bonds. The van der Waals surface area contributed by atoms with Gasteiger partial charge in [0.25, 0.3) is 5.88 Å². The molecule has 0 saturated carbocycles. The van der Waals surface area contributed by atoms with Crippen LogP contribution in [0.1, 0.15) is 12.6 Å². The molecule has 2 N–H and O–H groups in total. The van der Waals surface area contributed by atoms with E-state index in [0.717, 1.165) is 23.1 Å². The van der Waals surface area contributed by atoms with E-state index in [-0.39, 0.29) is 0 Å². The first-order valence-corrected chi connectivity index (χ1v) is 7.54. The maximum absolute atomic E-state index is 5.96. The summed E-state index contributed by atoms with van der Waals surface area (Å²) >= 11 is 0. The quantitative estimate of drug-likeness (QED) is 0.584. The lowest BCUT2D eigenvalue weighted by Crippen LogP contribution is -1.99. The Hall–Kier alpha value is -3.08. The maximum atomic E-state index is 5.96. The molecule has 0 fully saturated rings. The van der Waals surface area contributed by atoms with E-state index in [1.165, 1.54) is 0 Å². The lowest BCUT2D eigenvalue weighted by molar-refractivity contribution is 0.467. The van der Waals surface area contributed by atoms with Crippen LogP contribution in [0.25, 0.3) is 16.7 Å². The van der Waals surface area contributed by atoms with E-state index in [2.05, 4.69) is 21.3 Å². The van der Waals surface area contributed by atoms with E-state index in [1.54, 1.807) is 6.07 Å². The molecule has 4 aromatic rings. The smallest absolute Gasteiger partial charge is 0.264 e. The highest BCUT2D eigenvalue weighted by Gasteiger charge is 2.14. The summed E-state index contributed by atoms with van der Waals surface area (Å²) in [5.74, 6) is 1.13. The summed E-state index contributed by atoms with van der Waals surface area (Å²) in [5, 5.41) is 0. The van der Waals surface area contributed by atoms with Gasteiger partial charge in [-0.3, -0.25) is 4.40 Å². The molecule has 0 atom stereocenters. The van der Waals surface area contributed by atoms with E-state index in [0.29, 0.717) is 23.0 Å². The topological polar surface area (TPSA) is 65.4 Å². The summed E-state index contributed by atoms with van der Waals surface area (Å²) in [4.78, 5) is 9.13. The highest BCUT2D eigenvalue weighted by atomic mass is 16.5. The number of fused-ring (bicyclic) bond motifs is 3. The van der Waals surface area contributed by atoms with Crippen LogP contribution in [0, 0.1) is 0 Å². The molecule has 4 rings (SSSR count). The summed E-state index contributed by atoms with van der Waals surface area (Å²) < 4.78 is 8.07. The van der Waals surface area contributed by atoms with Gasteiger partial charge >= 0.3 is 0 Å². The minimum absolute atomic E-state index is 0.481. The van der Waals surface area contributed by atoms with Crippen molar-refractivity contribution in [2.75, 3.05) is 5.73 Å². The van der Waals surface area contributed by atoms with Crippen LogP contribution in [0.2, 0.25) is 0 Å². The fourth-order valence-corrected chi connectivity index (χ4v) is 2.72. The van der Waals surface area contributed by atoms with Crippen molar-refractivity contribution >= 4 is 22.4 Å². The number of hydrogen-bond donors (Lipinski definition) is 1. The Morgan fingerprint density at radius 2 is 2.00 bits per heavy atom. The molecule has 2 heterocycles. The zero-order chi connectivity index (χ0) is 15.8. The van der Waals surface area contributed by atoms with Crippen molar-refractivity contribution in [3.8, 4) is 11.6 Å². The molecule has 0 bridgehead atoms. The number of anilines is 1. The highest BCUT2D eigenvalue weighted by molar-refractivity contribution is 5.80. The monoisotopic (exact) mass is 304 g/mol. The second-order valence-electron chi connectivity index (χ2n) is 5.34. The third kappa shape index (κ3) is 2.26. The Bertz CT molecular complexity index is 1010. The second kappa shape index (κ2) is 5.28. The van der Waals surface area contributed by atoms with E-state index in [4.69, 9.17) is 10.5 Å². The number of benzene rings is 2. The van der Waals surface area contributed by atoms with Gasteiger partial charge in [-0.15, -0.1) is 0 Å². The van der Waals surface area contributed by atoms with E-state index in [9.17, 15) is 0 Å². The van der Waals surface area contributed by atoms with Gasteiger partial charge < -0.3 is 10.5 Å². The molecule has 5 heteroatoms. The number of hydrogen-bond acceptors (Lipinski definition) is 4. The van der Waals surface area contributed by atoms with E-state index in [1.807, 2.05) is 48.7 Å². The Morgan fingerprint density at radius 1 is 1.13 bits per heavy atom. The number of imidazole rings is 1. The molecule has 114 valence electrons. The van der Waals surface area contributed by atoms with E-state index < -0.39 is 0 Å². The van der Waals surface area contributed by atoms with Gasteiger partial charge in [-0.05, 0) is 30.7 Å². The molecule has 0 radical (unpaired) electrons. The molecule has 2 aromatic heterocycles. The van der Waals surface area contributed by atoms with Crippen LogP contribution in [0.5, 0.6) is 11.6 Å². The van der Waals surface area contributed by atoms with Crippen LogP contribution in [-0.2, 0) is 6.42 Å². The molecule has 0 aliphatic carbocycles. The summed E-state index contributed by atoms with van der Waals surface area (Å²) in [6.07, 6.45) is 2.75. The van der Waals surface area contributed by atoms with Gasteiger partial charge in [-0.2, -0.15) is 0 Å². The minimum atomic E-state index is 0.481. The first-order chi connectivity index (χ1) is 11.3. The average molecular weight is 304 g/mol. The molecule has 2 aromatic carbocycles. The van der Waals surface area contributed by atoms with Crippen molar-refractivity contribution in [1.29, 1.82) is 0 Å². The summed E-state index contributed by atoms with van der Waals surface area (Å²) in [6.45, 7) is 2.11. The second-order valence-corrected chi connectivity index (χ2v) is 5.34. The van der Waals surface area contributed by atoms with Gasteiger partial charge in [-0.1, -0.05) is 25.1 Å². The van der Waals surface area contributed by atoms with Gasteiger partial charge in [0.05, 0.1) is 11.0 Å². The number of aromatic nitrogens is 3. The lowest BCUT2D eigenvalue weighted by Gasteiger charge is -2.10. The molecule has 0 spiro atoms. The molecule has 0 aliphatic heterocycles. The predicted octanol–water partition coefficient (Wildman–Crippen LogP) is 3.82. The van der Waals surface area contributed by atoms with Crippen LogP contribution in [-0.4, -0.2) is 14.4 Å². The van der Waals surface area contributed by atoms with Crippen LogP contribution in [0.15, 0.2) is 54.7 Å². The number of nitrogen functional groups attached to an aromatic ring is 1. The number of para-hydroxylation sites is 2. The van der Waals surface area contributed by atoms with Gasteiger partial charge in [0.1, 0.15) is 5.75 Å². The largest absolute Gasteiger partial charge is 0.436 e. The summed E-state index contributed by atoms with van der Waals surface area (Å²) in [5.41, 5.74) is 10.2. The number of ether oxygens (including phenoxy) is 1. The Morgan fingerprint density at radius 3 is 2.83 bits per heavy atom. The van der Waals surface area contributed by atoms with Crippen molar-refractivity contribution in [3.05, 3.63) is 60.4 Å². The molecule has 5 nitrogen and oxygen atoms in total. The number of nitrogens with zero attached hydrogens (tertiary/aromatic N) is 3. The van der Waals surface area contributed by atoms with Crippen LogP contribution in [0.4, 0.5) is 5.69 Å². The number of aryl methyl sites for hydroxylation is 1. The van der Waals surface area contributed by atoms with Crippen LogP contribution < -0.4 is 10.5 Å².